The van der Waals surface area contributed by atoms with Gasteiger partial charge in [-0.25, -0.2) is 0 Å². The molecule has 0 aliphatic rings. The molecule has 2 aromatic rings. The second-order valence-electron chi connectivity index (χ2n) is 8.87. The van der Waals surface area contributed by atoms with Crippen LogP contribution in [0.2, 0.25) is 0 Å². The number of thioether (sulfide) groups is 1. The van der Waals surface area contributed by atoms with Crippen molar-refractivity contribution in [2.75, 3.05) is 25.1 Å². The van der Waals surface area contributed by atoms with Crippen LogP contribution in [0.15, 0.2) is 54.6 Å². The lowest BCUT2D eigenvalue weighted by Gasteiger charge is -2.20. The zero-order valence-electron chi connectivity index (χ0n) is 21.7. The van der Waals surface area contributed by atoms with Crippen LogP contribution in [0.25, 0.3) is 0 Å². The molecule has 0 saturated carbocycles. The number of aromatic hydroxyl groups is 1. The number of phenolic OH excluding ortho intramolecular Hbond substituents is 1. The molecule has 0 fully saturated rings. The highest BCUT2D eigenvalue weighted by molar-refractivity contribution is 7.98. The number of hydrogen-bond donors (Lipinski definition) is 6. The van der Waals surface area contributed by atoms with E-state index in [4.69, 9.17) is 5.73 Å². The zero-order valence-corrected chi connectivity index (χ0v) is 22.6. The highest BCUT2D eigenvalue weighted by Gasteiger charge is 2.23. The summed E-state index contributed by atoms with van der Waals surface area (Å²) in [5.74, 6) is -0.880. The summed E-state index contributed by atoms with van der Waals surface area (Å²) >= 11 is 1.69. The van der Waals surface area contributed by atoms with Crippen LogP contribution >= 0.6 is 11.8 Å². The third-order valence-electron chi connectivity index (χ3n) is 5.66. The van der Waals surface area contributed by atoms with Gasteiger partial charge in [0.25, 0.3) is 0 Å². The minimum absolute atomic E-state index is 0.110. The molecule has 0 heterocycles. The molecule has 7 N–H and O–H groups in total. The highest BCUT2D eigenvalue weighted by Crippen LogP contribution is 2.11. The van der Waals surface area contributed by atoms with Crippen molar-refractivity contribution in [2.45, 2.75) is 44.3 Å². The summed E-state index contributed by atoms with van der Waals surface area (Å²) in [4.78, 5) is 50.2. The number of carbonyl (C=O) groups excluding carboxylic acids is 4. The van der Waals surface area contributed by atoms with E-state index in [1.807, 2.05) is 36.6 Å². The Kier molecular flexibility index (Phi) is 13.2. The summed E-state index contributed by atoms with van der Waals surface area (Å²) in [7, 11) is 0. The van der Waals surface area contributed by atoms with E-state index in [0.29, 0.717) is 13.0 Å². The van der Waals surface area contributed by atoms with Gasteiger partial charge < -0.3 is 32.1 Å². The van der Waals surface area contributed by atoms with Gasteiger partial charge in [-0.15, -0.1) is 0 Å². The Hall–Kier alpha value is -3.57. The first kappa shape index (κ1) is 30.7. The molecule has 0 bridgehead atoms. The first-order valence-corrected chi connectivity index (χ1v) is 13.8. The quantitative estimate of drug-likeness (QED) is 0.178. The zero-order chi connectivity index (χ0) is 27.9. The maximum Gasteiger partial charge on any atom is 0.242 e. The summed E-state index contributed by atoms with van der Waals surface area (Å²) in [6.45, 7) is 1.63. The number of phenols is 1. The summed E-state index contributed by atoms with van der Waals surface area (Å²) in [5, 5.41) is 19.9. The summed E-state index contributed by atoms with van der Waals surface area (Å²) < 4.78 is 0. The molecule has 0 aliphatic carbocycles. The lowest BCUT2D eigenvalue weighted by molar-refractivity contribution is -0.131. The minimum atomic E-state index is -0.930. The summed E-state index contributed by atoms with van der Waals surface area (Å²) in [5.41, 5.74) is 7.60. The Morgan fingerprint density at radius 3 is 2.18 bits per heavy atom. The van der Waals surface area contributed by atoms with Gasteiger partial charge in [0.05, 0.1) is 12.6 Å². The molecule has 0 unspecified atom stereocenters. The molecule has 2 rings (SSSR count). The Balaban J connectivity index is 1.84. The van der Waals surface area contributed by atoms with Gasteiger partial charge in [-0.1, -0.05) is 42.5 Å². The number of nitrogens with two attached hydrogens (primary N) is 1. The van der Waals surface area contributed by atoms with Gasteiger partial charge in [0, 0.05) is 13.0 Å². The lowest BCUT2D eigenvalue weighted by atomic mass is 10.1. The van der Waals surface area contributed by atoms with E-state index in [-0.39, 0.29) is 24.6 Å². The van der Waals surface area contributed by atoms with E-state index in [0.717, 1.165) is 23.3 Å². The van der Waals surface area contributed by atoms with Crippen molar-refractivity contribution in [2.24, 2.45) is 5.73 Å². The number of amides is 4. The highest BCUT2D eigenvalue weighted by atomic mass is 32.2. The maximum absolute atomic E-state index is 12.7. The Morgan fingerprint density at radius 2 is 1.53 bits per heavy atom. The number of hydrogen-bond acceptors (Lipinski definition) is 7. The fourth-order valence-corrected chi connectivity index (χ4v) is 3.97. The van der Waals surface area contributed by atoms with Gasteiger partial charge in [-0.05, 0) is 55.0 Å². The average Bonchev–Trinajstić information content (AvgIpc) is 2.91. The van der Waals surface area contributed by atoms with E-state index >= 15 is 0 Å². The Morgan fingerprint density at radius 1 is 0.868 bits per heavy atom. The Labute approximate surface area is 227 Å². The molecule has 2 aromatic carbocycles. The molecule has 206 valence electrons. The molecule has 0 saturated heterocycles. The minimum Gasteiger partial charge on any atom is -0.508 e. The monoisotopic (exact) mass is 543 g/mol. The fraction of sp³-hybridized carbons (Fsp3) is 0.407. The second-order valence-corrected chi connectivity index (χ2v) is 9.86. The van der Waals surface area contributed by atoms with Gasteiger partial charge in [0.2, 0.25) is 23.6 Å². The van der Waals surface area contributed by atoms with Gasteiger partial charge in [-0.2, -0.15) is 11.8 Å². The van der Waals surface area contributed by atoms with Crippen molar-refractivity contribution < 1.29 is 24.3 Å². The topological polar surface area (TPSA) is 163 Å². The lowest BCUT2D eigenvalue weighted by Crippen LogP contribution is -2.53. The maximum atomic E-state index is 12.7. The first-order valence-electron chi connectivity index (χ1n) is 12.4. The van der Waals surface area contributed by atoms with Crippen LogP contribution in [0.1, 0.15) is 24.5 Å². The fourth-order valence-electron chi connectivity index (χ4n) is 3.54. The van der Waals surface area contributed by atoms with Gasteiger partial charge in [0.15, 0.2) is 0 Å². The number of rotatable bonds is 15. The molecule has 11 heteroatoms. The van der Waals surface area contributed by atoms with Crippen LogP contribution < -0.4 is 27.0 Å². The third-order valence-corrected chi connectivity index (χ3v) is 6.36. The molecule has 3 atom stereocenters. The van der Waals surface area contributed by atoms with Crippen LogP contribution in [0.4, 0.5) is 0 Å². The van der Waals surface area contributed by atoms with Crippen LogP contribution in [0.3, 0.4) is 0 Å². The van der Waals surface area contributed by atoms with Crippen LogP contribution in [-0.4, -0.2) is 72.0 Å². The number of carbonyl (C=O) groups is 4. The van der Waals surface area contributed by atoms with Crippen LogP contribution in [-0.2, 0) is 32.0 Å². The second kappa shape index (κ2) is 16.3. The molecular formula is C27H37N5O5S. The SMILES string of the molecule is CSCCCNC(=O)[C@H](Cc1ccccc1)NC(=O)CNC(=O)[C@@H](C)NC(=O)[C@@H](N)Cc1ccc(O)cc1. The molecule has 38 heavy (non-hydrogen) atoms. The predicted molar refractivity (Wildman–Crippen MR) is 148 cm³/mol. The van der Waals surface area contributed by atoms with E-state index in [9.17, 15) is 24.3 Å². The van der Waals surface area contributed by atoms with Crippen LogP contribution in [0, 0.1) is 0 Å². The molecule has 10 nitrogen and oxygen atoms in total. The van der Waals surface area contributed by atoms with Crippen molar-refractivity contribution in [3.05, 3.63) is 65.7 Å². The molecule has 0 aromatic heterocycles. The van der Waals surface area contributed by atoms with Crippen LogP contribution in [0.5, 0.6) is 5.75 Å². The van der Waals surface area contributed by atoms with Gasteiger partial charge in [-0.3, -0.25) is 19.2 Å². The van der Waals surface area contributed by atoms with Crippen molar-refractivity contribution in [1.82, 2.24) is 21.3 Å². The Bertz CT molecular complexity index is 1050. The average molecular weight is 544 g/mol. The van der Waals surface area contributed by atoms with E-state index in [1.165, 1.54) is 19.1 Å². The standard InChI is InChI=1S/C27H37N5O5S/c1-18(31-26(36)22(28)15-20-9-11-21(33)12-10-20)25(35)30-17-24(34)32-23(16-19-7-4-3-5-8-19)27(37)29-13-6-14-38-2/h3-5,7-12,18,22-23,33H,6,13-17,28H2,1-2H3,(H,29,37)(H,30,35)(H,31,36)(H,32,34)/t18-,22+,23+/m1/s1. The molecule has 0 radical (unpaired) electrons. The predicted octanol–water partition coefficient (Wildman–Crippen LogP) is 0.480. The summed E-state index contributed by atoms with van der Waals surface area (Å²) in [6.07, 6.45) is 3.34. The number of nitrogens with one attached hydrogen (secondary N) is 4. The van der Waals surface area contributed by atoms with E-state index < -0.39 is 35.8 Å². The first-order chi connectivity index (χ1) is 18.2. The van der Waals surface area contributed by atoms with Crippen molar-refractivity contribution in [3.63, 3.8) is 0 Å². The molecule has 0 aliphatic heterocycles. The van der Waals surface area contributed by atoms with Crippen molar-refractivity contribution in [1.29, 1.82) is 0 Å². The smallest absolute Gasteiger partial charge is 0.242 e. The largest absolute Gasteiger partial charge is 0.508 e. The van der Waals surface area contributed by atoms with Gasteiger partial charge in [0.1, 0.15) is 17.8 Å². The van der Waals surface area contributed by atoms with E-state index in [1.54, 1.807) is 23.9 Å². The van der Waals surface area contributed by atoms with Crippen molar-refractivity contribution in [3.8, 4) is 5.75 Å². The normalized spacial score (nSPS) is 13.0. The van der Waals surface area contributed by atoms with E-state index in [2.05, 4.69) is 21.3 Å². The summed E-state index contributed by atoms with van der Waals surface area (Å²) in [6, 6.07) is 13.0. The molecular weight excluding hydrogens is 506 g/mol. The van der Waals surface area contributed by atoms with Crippen molar-refractivity contribution >= 4 is 35.4 Å². The molecule has 4 amide bonds. The number of benzene rings is 2. The molecule has 0 spiro atoms. The third kappa shape index (κ3) is 11.2. The van der Waals surface area contributed by atoms with Gasteiger partial charge >= 0.3 is 0 Å².